The van der Waals surface area contributed by atoms with Crippen LogP contribution in [0.25, 0.3) is 0 Å². The molecule has 0 radical (unpaired) electrons. The molecule has 1 N–H and O–H groups in total. The number of carbonyl (C=O) groups excluding carboxylic acids is 2. The highest BCUT2D eigenvalue weighted by molar-refractivity contribution is 7.92. The fraction of sp³-hybridized carbons (Fsp3) is 0.355. The smallest absolute Gasteiger partial charge is 0.264 e. The molecule has 3 aromatic rings. The van der Waals surface area contributed by atoms with E-state index < -0.39 is 40.2 Å². The van der Waals surface area contributed by atoms with E-state index in [1.54, 1.807) is 25.1 Å². The zero-order valence-corrected chi connectivity index (χ0v) is 24.9. The van der Waals surface area contributed by atoms with Crippen molar-refractivity contribution in [1.29, 1.82) is 0 Å². The van der Waals surface area contributed by atoms with Gasteiger partial charge < -0.3 is 10.2 Å². The SMILES string of the molecule is CC[C@@H](C(=O)NC1CCCCC1)N(Cc1ccc(F)cc1)C(=O)CN(c1ccc(F)c(Cl)c1)S(=O)(=O)c1ccccc1. The van der Waals surface area contributed by atoms with Crippen LogP contribution in [0.1, 0.15) is 51.0 Å². The second-order valence-electron chi connectivity index (χ2n) is 10.3. The first-order chi connectivity index (χ1) is 20.1. The number of rotatable bonds is 11. The molecule has 1 aliphatic rings. The van der Waals surface area contributed by atoms with E-state index in [0.29, 0.717) is 5.56 Å². The Kier molecular flexibility index (Phi) is 10.6. The maximum absolute atomic E-state index is 14.1. The van der Waals surface area contributed by atoms with Crippen molar-refractivity contribution >= 4 is 39.1 Å². The normalized spacial score (nSPS) is 14.7. The molecule has 1 aliphatic carbocycles. The Morgan fingerprint density at radius 3 is 2.26 bits per heavy atom. The molecule has 7 nitrogen and oxygen atoms in total. The van der Waals surface area contributed by atoms with Crippen molar-refractivity contribution in [3.8, 4) is 0 Å². The Morgan fingerprint density at radius 1 is 0.976 bits per heavy atom. The highest BCUT2D eigenvalue weighted by atomic mass is 35.5. The summed E-state index contributed by atoms with van der Waals surface area (Å²) in [6.45, 7) is 1.03. The number of hydrogen-bond donors (Lipinski definition) is 1. The van der Waals surface area contributed by atoms with Gasteiger partial charge in [0.05, 0.1) is 15.6 Å². The fourth-order valence-corrected chi connectivity index (χ4v) is 6.74. The molecule has 11 heteroatoms. The van der Waals surface area contributed by atoms with Crippen molar-refractivity contribution in [1.82, 2.24) is 10.2 Å². The van der Waals surface area contributed by atoms with E-state index in [9.17, 15) is 26.8 Å². The number of hydrogen-bond acceptors (Lipinski definition) is 4. The topological polar surface area (TPSA) is 86.8 Å². The minimum Gasteiger partial charge on any atom is -0.352 e. The number of sulfonamides is 1. The summed E-state index contributed by atoms with van der Waals surface area (Å²) in [5.41, 5.74) is 0.552. The van der Waals surface area contributed by atoms with Crippen molar-refractivity contribution in [2.75, 3.05) is 10.8 Å². The molecule has 0 bridgehead atoms. The van der Waals surface area contributed by atoms with Gasteiger partial charge in [0.2, 0.25) is 11.8 Å². The van der Waals surface area contributed by atoms with Gasteiger partial charge in [-0.3, -0.25) is 13.9 Å². The molecule has 0 aromatic heterocycles. The van der Waals surface area contributed by atoms with Gasteiger partial charge in [-0.2, -0.15) is 0 Å². The first-order valence-electron chi connectivity index (χ1n) is 14.0. The van der Waals surface area contributed by atoms with Gasteiger partial charge >= 0.3 is 0 Å². The third-order valence-corrected chi connectivity index (χ3v) is 9.48. The van der Waals surface area contributed by atoms with Crippen LogP contribution in [-0.2, 0) is 26.2 Å². The summed E-state index contributed by atoms with van der Waals surface area (Å²) in [4.78, 5) is 28.9. The molecule has 42 heavy (non-hydrogen) atoms. The second kappa shape index (κ2) is 14.1. The third-order valence-electron chi connectivity index (χ3n) is 7.40. The summed E-state index contributed by atoms with van der Waals surface area (Å²) in [6.07, 6.45) is 5.08. The second-order valence-corrected chi connectivity index (χ2v) is 12.6. The molecule has 3 aromatic carbocycles. The van der Waals surface area contributed by atoms with Gasteiger partial charge in [0.1, 0.15) is 24.2 Å². The van der Waals surface area contributed by atoms with Crippen LogP contribution in [-0.4, -0.2) is 43.8 Å². The molecular weight excluding hydrogens is 584 g/mol. The maximum atomic E-state index is 14.1. The molecule has 0 aliphatic heterocycles. The van der Waals surface area contributed by atoms with Crippen LogP contribution in [0, 0.1) is 11.6 Å². The van der Waals surface area contributed by atoms with Gasteiger partial charge in [-0.05, 0) is 67.3 Å². The van der Waals surface area contributed by atoms with Gasteiger partial charge in [-0.15, -0.1) is 0 Å². The van der Waals surface area contributed by atoms with Crippen LogP contribution in [0.5, 0.6) is 0 Å². The predicted octanol–water partition coefficient (Wildman–Crippen LogP) is 6.07. The van der Waals surface area contributed by atoms with Crippen molar-refractivity contribution in [2.24, 2.45) is 0 Å². The summed E-state index contributed by atoms with van der Waals surface area (Å²) in [6, 6.07) is 15.6. The Bertz CT molecular complexity index is 1480. The summed E-state index contributed by atoms with van der Waals surface area (Å²) >= 11 is 6.00. The number of anilines is 1. The predicted molar refractivity (Wildman–Crippen MR) is 158 cm³/mol. The molecule has 0 saturated heterocycles. The van der Waals surface area contributed by atoms with Crippen molar-refractivity contribution in [3.63, 3.8) is 0 Å². The monoisotopic (exact) mass is 617 g/mol. The van der Waals surface area contributed by atoms with Crippen molar-refractivity contribution < 1.29 is 26.8 Å². The van der Waals surface area contributed by atoms with E-state index in [-0.39, 0.29) is 40.5 Å². The van der Waals surface area contributed by atoms with Crippen molar-refractivity contribution in [2.45, 2.75) is 69.0 Å². The first-order valence-corrected chi connectivity index (χ1v) is 15.8. The summed E-state index contributed by atoms with van der Waals surface area (Å²) in [5.74, 6) is -2.19. The van der Waals surface area contributed by atoms with Crippen LogP contribution in [0.15, 0.2) is 77.7 Å². The minimum atomic E-state index is -4.31. The van der Waals surface area contributed by atoms with E-state index in [4.69, 9.17) is 11.6 Å². The molecule has 1 saturated carbocycles. The number of benzene rings is 3. The minimum absolute atomic E-state index is 0.000567. The molecule has 4 rings (SSSR count). The lowest BCUT2D eigenvalue weighted by atomic mass is 9.95. The van der Waals surface area contributed by atoms with E-state index in [1.807, 2.05) is 0 Å². The molecule has 1 fully saturated rings. The van der Waals surface area contributed by atoms with E-state index in [1.165, 1.54) is 47.4 Å². The lowest BCUT2D eigenvalue weighted by Gasteiger charge is -2.34. The number of amides is 2. The fourth-order valence-electron chi connectivity index (χ4n) is 5.14. The zero-order valence-electron chi connectivity index (χ0n) is 23.3. The molecule has 0 unspecified atom stereocenters. The average molecular weight is 618 g/mol. The van der Waals surface area contributed by atoms with Gasteiger partial charge in [0.15, 0.2) is 0 Å². The largest absolute Gasteiger partial charge is 0.352 e. The van der Waals surface area contributed by atoms with E-state index in [0.717, 1.165) is 48.5 Å². The number of halogens is 3. The first kappa shape index (κ1) is 31.4. The van der Waals surface area contributed by atoms with E-state index in [2.05, 4.69) is 5.32 Å². The lowest BCUT2D eigenvalue weighted by molar-refractivity contribution is -0.140. The quantitative estimate of drug-likeness (QED) is 0.283. The molecule has 2 amide bonds. The van der Waals surface area contributed by atoms with Crippen molar-refractivity contribution in [3.05, 3.63) is 95.0 Å². The van der Waals surface area contributed by atoms with Gasteiger partial charge in [-0.25, -0.2) is 17.2 Å². The highest BCUT2D eigenvalue weighted by Gasteiger charge is 2.34. The van der Waals surface area contributed by atoms with Crippen LogP contribution in [0.3, 0.4) is 0 Å². The summed E-state index contributed by atoms with van der Waals surface area (Å²) < 4.78 is 56.2. The Labute approximate surface area is 250 Å². The summed E-state index contributed by atoms with van der Waals surface area (Å²) in [7, 11) is -4.31. The number of carbonyl (C=O) groups is 2. The molecule has 0 heterocycles. The Morgan fingerprint density at radius 2 is 1.64 bits per heavy atom. The Hall–Kier alpha value is -3.50. The highest BCUT2D eigenvalue weighted by Crippen LogP contribution is 2.28. The van der Waals surface area contributed by atoms with Crippen LogP contribution in [0.4, 0.5) is 14.5 Å². The van der Waals surface area contributed by atoms with Crippen LogP contribution in [0.2, 0.25) is 5.02 Å². The molecular formula is C31H34ClF2N3O4S. The standard InChI is InChI=1S/C31H34ClF2N3O4S/c1-2-29(31(39)35-24-9-5-3-6-10-24)36(20-22-13-15-23(33)16-14-22)30(38)21-37(25-17-18-28(34)27(32)19-25)42(40,41)26-11-7-4-8-12-26/h4,7-8,11-19,24,29H,2-3,5-6,9-10,20-21H2,1H3,(H,35,39)/t29-/m0/s1. The maximum Gasteiger partial charge on any atom is 0.264 e. The zero-order chi connectivity index (χ0) is 30.3. The van der Waals surface area contributed by atoms with Crippen LogP contribution >= 0.6 is 11.6 Å². The van der Waals surface area contributed by atoms with Gasteiger partial charge in [-0.1, -0.05) is 68.1 Å². The molecule has 1 atom stereocenters. The number of nitrogens with zero attached hydrogens (tertiary/aromatic N) is 2. The Balaban J connectivity index is 1.71. The van der Waals surface area contributed by atoms with E-state index >= 15 is 0 Å². The van der Waals surface area contributed by atoms with Gasteiger partial charge in [0, 0.05) is 12.6 Å². The third kappa shape index (κ3) is 7.66. The van der Waals surface area contributed by atoms with Gasteiger partial charge in [0.25, 0.3) is 10.0 Å². The average Bonchev–Trinajstić information content (AvgIpc) is 2.99. The lowest BCUT2D eigenvalue weighted by Crippen LogP contribution is -2.54. The molecule has 224 valence electrons. The summed E-state index contributed by atoms with van der Waals surface area (Å²) in [5, 5.41) is 2.76. The molecule has 0 spiro atoms. The van der Waals surface area contributed by atoms with Crippen LogP contribution < -0.4 is 9.62 Å². The number of nitrogens with one attached hydrogen (secondary N) is 1.